The summed E-state index contributed by atoms with van der Waals surface area (Å²) >= 11 is 7.26. The molecule has 0 radical (unpaired) electrons. The number of sulfonamides is 1. The molecule has 1 saturated heterocycles. The lowest BCUT2D eigenvalue weighted by atomic mass is 9.99. The second-order valence-corrected chi connectivity index (χ2v) is 9.45. The first kappa shape index (κ1) is 19.3. The number of carbonyl (C=O) groups is 1. The lowest BCUT2D eigenvalue weighted by Gasteiger charge is -2.31. The number of hydrogen-bond acceptors (Lipinski definition) is 4. The van der Waals surface area contributed by atoms with Crippen molar-refractivity contribution in [3.05, 3.63) is 51.4 Å². The van der Waals surface area contributed by atoms with Crippen LogP contribution < -0.4 is 5.32 Å². The van der Waals surface area contributed by atoms with E-state index in [1.165, 1.54) is 10.4 Å². The van der Waals surface area contributed by atoms with Crippen LogP contribution in [0.4, 0.5) is 4.39 Å². The highest BCUT2D eigenvalue weighted by Crippen LogP contribution is 2.26. The molecule has 1 N–H and O–H groups in total. The van der Waals surface area contributed by atoms with Crippen molar-refractivity contribution in [2.24, 2.45) is 5.92 Å². The average Bonchev–Trinajstić information content (AvgIpc) is 3.15. The summed E-state index contributed by atoms with van der Waals surface area (Å²) in [6.07, 6.45) is 1.22. The molecule has 1 aromatic carbocycles. The van der Waals surface area contributed by atoms with Crippen molar-refractivity contribution in [1.29, 1.82) is 0 Å². The third kappa shape index (κ3) is 4.25. The molecule has 0 spiro atoms. The number of rotatable bonds is 5. The third-order valence-electron chi connectivity index (χ3n) is 4.30. The Balaban J connectivity index is 1.68. The van der Waals surface area contributed by atoms with Gasteiger partial charge in [0, 0.05) is 18.0 Å². The minimum atomic E-state index is -3.82. The molecule has 9 heteroatoms. The van der Waals surface area contributed by atoms with Crippen molar-refractivity contribution >= 4 is 38.9 Å². The fourth-order valence-corrected chi connectivity index (χ4v) is 5.33. The molecule has 1 amide bonds. The normalized spacial score (nSPS) is 18.6. The zero-order chi connectivity index (χ0) is 18.7. The number of benzene rings is 1. The van der Waals surface area contributed by atoms with Crippen molar-refractivity contribution in [2.75, 3.05) is 13.1 Å². The van der Waals surface area contributed by atoms with Crippen molar-refractivity contribution < 1.29 is 17.6 Å². The number of piperidine rings is 1. The SMILES string of the molecule is O=C(NCc1cccs1)C1CCCN(S(=O)(=O)c2ccc(F)c(Cl)c2)C1. The smallest absolute Gasteiger partial charge is 0.243 e. The largest absolute Gasteiger partial charge is 0.351 e. The molecule has 1 aliphatic rings. The van der Waals surface area contributed by atoms with Crippen LogP contribution >= 0.6 is 22.9 Å². The van der Waals surface area contributed by atoms with E-state index in [4.69, 9.17) is 11.6 Å². The second-order valence-electron chi connectivity index (χ2n) is 6.08. The van der Waals surface area contributed by atoms with E-state index < -0.39 is 21.8 Å². The lowest BCUT2D eigenvalue weighted by Crippen LogP contribution is -2.45. The van der Waals surface area contributed by atoms with Gasteiger partial charge in [0.1, 0.15) is 5.82 Å². The van der Waals surface area contributed by atoms with Crippen LogP contribution in [0.25, 0.3) is 0 Å². The van der Waals surface area contributed by atoms with Crippen LogP contribution in [0.3, 0.4) is 0 Å². The number of hydrogen-bond donors (Lipinski definition) is 1. The topological polar surface area (TPSA) is 66.5 Å². The van der Waals surface area contributed by atoms with Crippen molar-refractivity contribution in [1.82, 2.24) is 9.62 Å². The van der Waals surface area contributed by atoms with Gasteiger partial charge in [0.25, 0.3) is 0 Å². The molecule has 1 fully saturated rings. The number of nitrogens with zero attached hydrogens (tertiary/aromatic N) is 1. The lowest BCUT2D eigenvalue weighted by molar-refractivity contribution is -0.126. The number of halogens is 2. The molecular weight excluding hydrogens is 399 g/mol. The minimum absolute atomic E-state index is 0.0662. The summed E-state index contributed by atoms with van der Waals surface area (Å²) in [7, 11) is -3.82. The molecular formula is C17H18ClFN2O3S2. The maximum Gasteiger partial charge on any atom is 0.243 e. The molecule has 1 atom stereocenters. The highest BCUT2D eigenvalue weighted by Gasteiger charge is 2.33. The summed E-state index contributed by atoms with van der Waals surface area (Å²) < 4.78 is 40.1. The van der Waals surface area contributed by atoms with Gasteiger partial charge in [0.05, 0.1) is 22.4 Å². The quantitative estimate of drug-likeness (QED) is 0.813. The van der Waals surface area contributed by atoms with E-state index in [1.54, 1.807) is 11.3 Å². The molecule has 140 valence electrons. The highest BCUT2D eigenvalue weighted by atomic mass is 35.5. The van der Waals surface area contributed by atoms with Gasteiger partial charge in [0.2, 0.25) is 15.9 Å². The van der Waals surface area contributed by atoms with Gasteiger partial charge in [0.15, 0.2) is 0 Å². The van der Waals surface area contributed by atoms with Gasteiger partial charge in [-0.1, -0.05) is 17.7 Å². The van der Waals surface area contributed by atoms with Crippen LogP contribution in [0.1, 0.15) is 17.7 Å². The van der Waals surface area contributed by atoms with E-state index in [2.05, 4.69) is 5.32 Å². The van der Waals surface area contributed by atoms with Gasteiger partial charge in [-0.2, -0.15) is 4.31 Å². The van der Waals surface area contributed by atoms with E-state index in [9.17, 15) is 17.6 Å². The summed E-state index contributed by atoms with van der Waals surface area (Å²) in [6.45, 7) is 0.868. The molecule has 1 aromatic heterocycles. The number of amides is 1. The van der Waals surface area contributed by atoms with Crippen LogP contribution in [0.15, 0.2) is 40.6 Å². The third-order valence-corrected chi connectivity index (χ3v) is 7.33. The van der Waals surface area contributed by atoms with Crippen molar-refractivity contribution in [3.8, 4) is 0 Å². The Bertz CT molecular complexity index is 887. The van der Waals surface area contributed by atoms with Crippen molar-refractivity contribution in [2.45, 2.75) is 24.3 Å². The van der Waals surface area contributed by atoms with Gasteiger partial charge in [-0.3, -0.25) is 4.79 Å². The summed E-state index contributed by atoms with van der Waals surface area (Å²) in [4.78, 5) is 13.4. The number of carbonyl (C=O) groups excluding carboxylic acids is 1. The van der Waals surface area contributed by atoms with Gasteiger partial charge in [-0.25, -0.2) is 12.8 Å². The first-order chi connectivity index (χ1) is 12.4. The molecule has 0 saturated carbocycles. The predicted octanol–water partition coefficient (Wildman–Crippen LogP) is 3.26. The van der Waals surface area contributed by atoms with Crippen LogP contribution in [0, 0.1) is 11.7 Å². The summed E-state index contributed by atoms with van der Waals surface area (Å²) in [5.74, 6) is -1.24. The Labute approximate surface area is 160 Å². The summed E-state index contributed by atoms with van der Waals surface area (Å²) in [5.41, 5.74) is 0. The van der Waals surface area contributed by atoms with E-state index in [0.717, 1.165) is 17.0 Å². The van der Waals surface area contributed by atoms with Crippen LogP contribution in [-0.4, -0.2) is 31.7 Å². The van der Waals surface area contributed by atoms with E-state index >= 15 is 0 Å². The van der Waals surface area contributed by atoms with E-state index in [1.807, 2.05) is 17.5 Å². The zero-order valence-corrected chi connectivity index (χ0v) is 16.2. The first-order valence-corrected chi connectivity index (χ1v) is 10.8. The highest BCUT2D eigenvalue weighted by molar-refractivity contribution is 7.89. The zero-order valence-electron chi connectivity index (χ0n) is 13.8. The Morgan fingerprint density at radius 3 is 2.88 bits per heavy atom. The Hall–Kier alpha value is -1.48. The molecule has 3 rings (SSSR count). The van der Waals surface area contributed by atoms with Gasteiger partial charge >= 0.3 is 0 Å². The van der Waals surface area contributed by atoms with Gasteiger partial charge < -0.3 is 5.32 Å². The Morgan fingerprint density at radius 2 is 2.19 bits per heavy atom. The molecule has 1 aliphatic heterocycles. The van der Waals surface area contributed by atoms with Gasteiger partial charge in [-0.05, 0) is 42.5 Å². The van der Waals surface area contributed by atoms with E-state index in [-0.39, 0.29) is 22.4 Å². The molecule has 26 heavy (non-hydrogen) atoms. The first-order valence-electron chi connectivity index (χ1n) is 8.13. The molecule has 5 nitrogen and oxygen atoms in total. The van der Waals surface area contributed by atoms with E-state index in [0.29, 0.717) is 25.9 Å². The fraction of sp³-hybridized carbons (Fsp3) is 0.353. The maximum absolute atomic E-state index is 13.3. The maximum atomic E-state index is 13.3. The number of nitrogens with one attached hydrogen (secondary N) is 1. The molecule has 2 aromatic rings. The van der Waals surface area contributed by atoms with Crippen molar-refractivity contribution in [3.63, 3.8) is 0 Å². The standard InChI is InChI=1S/C17H18ClFN2O3S2/c18-15-9-14(5-6-16(15)19)26(23,24)21-7-1-3-12(11-21)17(22)20-10-13-4-2-8-25-13/h2,4-6,8-9,12H,1,3,7,10-11H2,(H,20,22). The molecule has 0 aliphatic carbocycles. The van der Waals surface area contributed by atoms with Crippen LogP contribution in [0.2, 0.25) is 5.02 Å². The fourth-order valence-electron chi connectivity index (χ4n) is 2.89. The average molecular weight is 417 g/mol. The summed E-state index contributed by atoms with van der Waals surface area (Å²) in [6, 6.07) is 7.17. The van der Waals surface area contributed by atoms with Crippen LogP contribution in [-0.2, 0) is 21.4 Å². The second kappa shape index (κ2) is 8.04. The Morgan fingerprint density at radius 1 is 1.38 bits per heavy atom. The Kier molecular flexibility index (Phi) is 5.96. The molecule has 2 heterocycles. The monoisotopic (exact) mass is 416 g/mol. The minimum Gasteiger partial charge on any atom is -0.351 e. The van der Waals surface area contributed by atoms with Crippen LogP contribution in [0.5, 0.6) is 0 Å². The predicted molar refractivity (Wildman–Crippen MR) is 99.1 cm³/mol. The number of thiophene rings is 1. The molecule has 0 bridgehead atoms. The molecule has 1 unspecified atom stereocenters. The van der Waals surface area contributed by atoms with Gasteiger partial charge in [-0.15, -0.1) is 11.3 Å². The summed E-state index contributed by atoms with van der Waals surface area (Å²) in [5, 5.41) is 4.55.